The zero-order chi connectivity index (χ0) is 15.1. The standard InChI is InChI=1S/C16H23NO2S2/c1-3-10-19-11-4-9-17-15(18)12-21-16(17)13-5-7-14(20-2)8-6-13/h5-8,16H,3-4,9-12H2,1-2H3. The van der Waals surface area contributed by atoms with E-state index in [4.69, 9.17) is 4.74 Å². The van der Waals surface area contributed by atoms with E-state index in [1.807, 2.05) is 4.90 Å². The van der Waals surface area contributed by atoms with Crippen LogP contribution in [-0.2, 0) is 9.53 Å². The molecule has 0 aromatic heterocycles. The first-order valence-electron chi connectivity index (χ1n) is 7.39. The van der Waals surface area contributed by atoms with Crippen molar-refractivity contribution in [2.75, 3.05) is 31.8 Å². The molecule has 21 heavy (non-hydrogen) atoms. The van der Waals surface area contributed by atoms with Crippen molar-refractivity contribution in [3.8, 4) is 0 Å². The lowest BCUT2D eigenvalue weighted by molar-refractivity contribution is -0.128. The van der Waals surface area contributed by atoms with Crippen LogP contribution in [0.4, 0.5) is 0 Å². The molecule has 5 heteroatoms. The highest BCUT2D eigenvalue weighted by Gasteiger charge is 2.32. The van der Waals surface area contributed by atoms with E-state index >= 15 is 0 Å². The summed E-state index contributed by atoms with van der Waals surface area (Å²) >= 11 is 3.46. The second kappa shape index (κ2) is 8.71. The lowest BCUT2D eigenvalue weighted by Gasteiger charge is -2.24. The van der Waals surface area contributed by atoms with Crippen LogP contribution in [-0.4, -0.2) is 42.6 Å². The highest BCUT2D eigenvalue weighted by atomic mass is 32.2. The molecule has 1 amide bonds. The predicted molar refractivity (Wildman–Crippen MR) is 90.9 cm³/mol. The minimum absolute atomic E-state index is 0.166. The third-order valence-corrected chi connectivity index (χ3v) is 5.40. The van der Waals surface area contributed by atoms with Gasteiger partial charge in [0.1, 0.15) is 5.37 Å². The van der Waals surface area contributed by atoms with Gasteiger partial charge < -0.3 is 9.64 Å². The van der Waals surface area contributed by atoms with E-state index in [1.165, 1.54) is 10.5 Å². The number of ether oxygens (including phenoxy) is 1. The molecule has 1 fully saturated rings. The number of benzene rings is 1. The smallest absolute Gasteiger partial charge is 0.233 e. The first-order chi connectivity index (χ1) is 10.3. The molecule has 1 aliphatic heterocycles. The Balaban J connectivity index is 1.92. The Bertz CT molecular complexity index is 450. The summed E-state index contributed by atoms with van der Waals surface area (Å²) < 4.78 is 5.50. The van der Waals surface area contributed by atoms with Gasteiger partial charge in [0.25, 0.3) is 0 Å². The molecule has 1 aromatic rings. The Morgan fingerprint density at radius 3 is 2.76 bits per heavy atom. The van der Waals surface area contributed by atoms with Crippen LogP contribution < -0.4 is 0 Å². The molecule has 1 unspecified atom stereocenters. The molecule has 1 heterocycles. The van der Waals surface area contributed by atoms with E-state index < -0.39 is 0 Å². The molecule has 2 rings (SSSR count). The second-order valence-corrected chi connectivity index (χ2v) is 6.94. The Morgan fingerprint density at radius 1 is 1.33 bits per heavy atom. The summed E-state index contributed by atoms with van der Waals surface area (Å²) in [4.78, 5) is 15.3. The molecule has 3 nitrogen and oxygen atoms in total. The van der Waals surface area contributed by atoms with Gasteiger partial charge in [0.15, 0.2) is 0 Å². The van der Waals surface area contributed by atoms with E-state index in [1.54, 1.807) is 23.5 Å². The van der Waals surface area contributed by atoms with E-state index in [0.29, 0.717) is 5.75 Å². The van der Waals surface area contributed by atoms with Gasteiger partial charge in [0.05, 0.1) is 5.75 Å². The molecule has 116 valence electrons. The Morgan fingerprint density at radius 2 is 2.10 bits per heavy atom. The van der Waals surface area contributed by atoms with Gasteiger partial charge in [0.2, 0.25) is 5.91 Å². The summed E-state index contributed by atoms with van der Waals surface area (Å²) in [5, 5.41) is 0.166. The Labute approximate surface area is 135 Å². The number of carbonyl (C=O) groups excluding carboxylic acids is 1. The minimum atomic E-state index is 0.166. The maximum atomic E-state index is 12.1. The van der Waals surface area contributed by atoms with Crippen LogP contribution in [0.3, 0.4) is 0 Å². The SMILES string of the molecule is CCCOCCCN1C(=O)CSC1c1ccc(SC)cc1. The second-order valence-electron chi connectivity index (χ2n) is 4.99. The topological polar surface area (TPSA) is 29.5 Å². The van der Waals surface area contributed by atoms with E-state index in [0.717, 1.165) is 32.6 Å². The van der Waals surface area contributed by atoms with E-state index in [9.17, 15) is 4.79 Å². The van der Waals surface area contributed by atoms with Crippen LogP contribution in [0.25, 0.3) is 0 Å². The number of rotatable bonds is 8. The monoisotopic (exact) mass is 325 g/mol. The fraction of sp³-hybridized carbons (Fsp3) is 0.562. The number of nitrogens with zero attached hydrogens (tertiary/aromatic N) is 1. The molecular weight excluding hydrogens is 302 g/mol. The van der Waals surface area contributed by atoms with Crippen molar-refractivity contribution >= 4 is 29.4 Å². The van der Waals surface area contributed by atoms with E-state index in [2.05, 4.69) is 37.4 Å². The van der Waals surface area contributed by atoms with Crippen LogP contribution in [0, 0.1) is 0 Å². The highest BCUT2D eigenvalue weighted by molar-refractivity contribution is 8.00. The molecule has 0 aliphatic carbocycles. The molecule has 1 atom stereocenters. The van der Waals surface area contributed by atoms with Crippen molar-refractivity contribution in [1.82, 2.24) is 4.90 Å². The molecule has 0 saturated carbocycles. The first-order valence-corrected chi connectivity index (χ1v) is 9.66. The zero-order valence-corrected chi connectivity index (χ0v) is 14.3. The normalized spacial score (nSPS) is 18.5. The fourth-order valence-electron chi connectivity index (χ4n) is 2.32. The number of carbonyl (C=O) groups is 1. The van der Waals surface area contributed by atoms with Crippen molar-refractivity contribution in [2.45, 2.75) is 30.0 Å². The molecule has 1 aliphatic rings. The summed E-state index contributed by atoms with van der Waals surface area (Å²) in [6.07, 6.45) is 4.03. The average Bonchev–Trinajstić information content (AvgIpc) is 2.88. The summed E-state index contributed by atoms with van der Waals surface area (Å²) in [6, 6.07) is 8.54. The van der Waals surface area contributed by atoms with Gasteiger partial charge in [-0.05, 0) is 36.8 Å². The first kappa shape index (κ1) is 16.7. The summed E-state index contributed by atoms with van der Waals surface area (Å²) in [5.74, 6) is 0.833. The van der Waals surface area contributed by atoms with Gasteiger partial charge in [-0.15, -0.1) is 23.5 Å². The van der Waals surface area contributed by atoms with Crippen LogP contribution in [0.2, 0.25) is 0 Å². The quantitative estimate of drug-likeness (QED) is 0.537. The largest absolute Gasteiger partial charge is 0.381 e. The van der Waals surface area contributed by atoms with Crippen molar-refractivity contribution in [3.05, 3.63) is 29.8 Å². The average molecular weight is 325 g/mol. The van der Waals surface area contributed by atoms with Gasteiger partial charge in [-0.3, -0.25) is 4.79 Å². The van der Waals surface area contributed by atoms with Crippen LogP contribution >= 0.6 is 23.5 Å². The number of amides is 1. The van der Waals surface area contributed by atoms with Gasteiger partial charge >= 0.3 is 0 Å². The summed E-state index contributed by atoms with van der Waals surface area (Å²) in [7, 11) is 0. The highest BCUT2D eigenvalue weighted by Crippen LogP contribution is 2.38. The third kappa shape index (κ3) is 4.66. The number of hydrogen-bond donors (Lipinski definition) is 0. The third-order valence-electron chi connectivity index (χ3n) is 3.41. The Kier molecular flexibility index (Phi) is 6.93. The summed E-state index contributed by atoms with van der Waals surface area (Å²) in [6.45, 7) is 4.43. The van der Waals surface area contributed by atoms with Crippen LogP contribution in [0.5, 0.6) is 0 Å². The van der Waals surface area contributed by atoms with Crippen molar-refractivity contribution in [1.29, 1.82) is 0 Å². The number of hydrogen-bond acceptors (Lipinski definition) is 4. The van der Waals surface area contributed by atoms with Gasteiger partial charge in [-0.1, -0.05) is 19.1 Å². The summed E-state index contributed by atoms with van der Waals surface area (Å²) in [5.41, 5.74) is 1.22. The molecule has 0 N–H and O–H groups in total. The molecule has 0 radical (unpaired) electrons. The fourth-order valence-corrected chi connectivity index (χ4v) is 3.95. The van der Waals surface area contributed by atoms with Gasteiger partial charge in [-0.2, -0.15) is 0 Å². The van der Waals surface area contributed by atoms with Crippen molar-refractivity contribution in [3.63, 3.8) is 0 Å². The van der Waals surface area contributed by atoms with Gasteiger partial charge in [0, 0.05) is 24.7 Å². The maximum absolute atomic E-state index is 12.1. The molecule has 0 spiro atoms. The Hall–Kier alpha value is -0.650. The molecule has 0 bridgehead atoms. The lowest BCUT2D eigenvalue weighted by Crippen LogP contribution is -2.29. The zero-order valence-electron chi connectivity index (χ0n) is 12.7. The van der Waals surface area contributed by atoms with Gasteiger partial charge in [-0.25, -0.2) is 0 Å². The molecular formula is C16H23NO2S2. The molecule has 1 aromatic carbocycles. The minimum Gasteiger partial charge on any atom is -0.381 e. The van der Waals surface area contributed by atoms with Crippen molar-refractivity contribution in [2.24, 2.45) is 0 Å². The van der Waals surface area contributed by atoms with Crippen LogP contribution in [0.15, 0.2) is 29.2 Å². The number of thioether (sulfide) groups is 2. The van der Waals surface area contributed by atoms with E-state index in [-0.39, 0.29) is 11.3 Å². The predicted octanol–water partition coefficient (Wildman–Crippen LogP) is 3.80. The van der Waals surface area contributed by atoms with Crippen LogP contribution in [0.1, 0.15) is 30.7 Å². The maximum Gasteiger partial charge on any atom is 0.233 e. The lowest BCUT2D eigenvalue weighted by atomic mass is 10.2. The molecule has 1 saturated heterocycles. The van der Waals surface area contributed by atoms with Crippen molar-refractivity contribution < 1.29 is 9.53 Å².